The smallest absolute Gasteiger partial charge is 0.308 e. The van der Waals surface area contributed by atoms with Crippen LogP contribution < -0.4 is 4.72 Å². The Morgan fingerprint density at radius 2 is 1.76 bits per heavy atom. The summed E-state index contributed by atoms with van der Waals surface area (Å²) in [6.07, 6.45) is 2.54. The number of hydrogen-bond donors (Lipinski definition) is 1. The van der Waals surface area contributed by atoms with Crippen LogP contribution in [0.4, 0.5) is 0 Å². The molecule has 1 fully saturated rings. The van der Waals surface area contributed by atoms with Gasteiger partial charge in [0.2, 0.25) is 10.0 Å². The number of benzene rings is 1. The molecule has 5 nitrogen and oxygen atoms in total. The van der Waals surface area contributed by atoms with E-state index in [1.165, 1.54) is 19.2 Å². The van der Waals surface area contributed by atoms with Crippen LogP contribution in [0.25, 0.3) is 0 Å². The van der Waals surface area contributed by atoms with E-state index < -0.39 is 10.0 Å². The van der Waals surface area contributed by atoms with Gasteiger partial charge in [0, 0.05) is 11.1 Å². The van der Waals surface area contributed by atoms with Gasteiger partial charge in [-0.25, -0.2) is 13.1 Å². The molecule has 1 aromatic rings. The van der Waals surface area contributed by atoms with Crippen LogP contribution in [0.2, 0.25) is 5.02 Å². The Kier molecular flexibility index (Phi) is 5.24. The van der Waals surface area contributed by atoms with Gasteiger partial charge in [0.15, 0.2) is 0 Å². The van der Waals surface area contributed by atoms with Crippen LogP contribution >= 0.6 is 11.6 Å². The molecule has 21 heavy (non-hydrogen) atoms. The van der Waals surface area contributed by atoms with Crippen molar-refractivity contribution >= 4 is 27.6 Å². The molecule has 0 radical (unpaired) electrons. The van der Waals surface area contributed by atoms with Gasteiger partial charge >= 0.3 is 5.97 Å². The lowest BCUT2D eigenvalue weighted by Gasteiger charge is -2.27. The number of ether oxygens (including phenoxy) is 1. The quantitative estimate of drug-likeness (QED) is 0.860. The molecule has 0 aliphatic heterocycles. The number of methoxy groups -OCH3 is 1. The van der Waals surface area contributed by atoms with E-state index in [0.717, 1.165) is 0 Å². The molecule has 7 heteroatoms. The summed E-state index contributed by atoms with van der Waals surface area (Å²) >= 11 is 5.75. The van der Waals surface area contributed by atoms with Crippen LogP contribution in [0.1, 0.15) is 25.7 Å². The van der Waals surface area contributed by atoms with E-state index >= 15 is 0 Å². The van der Waals surface area contributed by atoms with Gasteiger partial charge in [0.1, 0.15) is 0 Å². The van der Waals surface area contributed by atoms with E-state index in [-0.39, 0.29) is 22.8 Å². The molecule has 0 heterocycles. The SMILES string of the molecule is COC(=O)C1CCC(NS(=O)(=O)c2ccc(Cl)cc2)CC1. The Balaban J connectivity index is 1.96. The first-order chi connectivity index (χ1) is 9.92. The largest absolute Gasteiger partial charge is 0.469 e. The summed E-state index contributed by atoms with van der Waals surface area (Å²) in [7, 11) is -2.17. The Morgan fingerprint density at radius 1 is 1.19 bits per heavy atom. The molecule has 1 saturated carbocycles. The zero-order valence-electron chi connectivity index (χ0n) is 11.7. The number of carbonyl (C=O) groups excluding carboxylic acids is 1. The van der Waals surface area contributed by atoms with Crippen LogP contribution in [0.3, 0.4) is 0 Å². The fraction of sp³-hybridized carbons (Fsp3) is 0.500. The minimum Gasteiger partial charge on any atom is -0.469 e. The molecule has 0 saturated heterocycles. The fourth-order valence-corrected chi connectivity index (χ4v) is 3.95. The topological polar surface area (TPSA) is 72.5 Å². The molecule has 2 rings (SSSR count). The lowest BCUT2D eigenvalue weighted by atomic mass is 9.86. The average molecular weight is 332 g/mol. The second kappa shape index (κ2) is 6.77. The minimum atomic E-state index is -3.54. The van der Waals surface area contributed by atoms with E-state index in [1.54, 1.807) is 12.1 Å². The van der Waals surface area contributed by atoms with Gasteiger partial charge < -0.3 is 4.74 Å². The summed E-state index contributed by atoms with van der Waals surface area (Å²) in [4.78, 5) is 11.6. The number of rotatable bonds is 4. The highest BCUT2D eigenvalue weighted by molar-refractivity contribution is 7.89. The number of nitrogens with one attached hydrogen (secondary N) is 1. The molecule has 0 aromatic heterocycles. The first-order valence-corrected chi connectivity index (χ1v) is 8.64. The van der Waals surface area contributed by atoms with Gasteiger partial charge in [-0.05, 0) is 49.9 Å². The predicted molar refractivity (Wildman–Crippen MR) is 79.5 cm³/mol. The molecule has 1 aromatic carbocycles. The van der Waals surface area contributed by atoms with Gasteiger partial charge in [-0.15, -0.1) is 0 Å². The molecule has 0 amide bonds. The van der Waals surface area contributed by atoms with Crippen molar-refractivity contribution < 1.29 is 17.9 Å². The molecule has 0 unspecified atom stereocenters. The van der Waals surface area contributed by atoms with Gasteiger partial charge in [-0.2, -0.15) is 0 Å². The van der Waals surface area contributed by atoms with Crippen molar-refractivity contribution in [1.82, 2.24) is 4.72 Å². The standard InChI is InChI=1S/C14H18ClNO4S/c1-20-14(17)10-2-6-12(7-3-10)16-21(18,19)13-8-4-11(15)5-9-13/h4-5,8-10,12,16H,2-3,6-7H2,1H3. The van der Waals surface area contributed by atoms with Gasteiger partial charge in [0.05, 0.1) is 17.9 Å². The summed E-state index contributed by atoms with van der Waals surface area (Å²) in [5, 5.41) is 0.493. The monoisotopic (exact) mass is 331 g/mol. The van der Waals surface area contributed by atoms with Gasteiger partial charge in [-0.1, -0.05) is 11.6 Å². The summed E-state index contributed by atoms with van der Waals surface area (Å²) < 4.78 is 31.9. The maximum atomic E-state index is 12.2. The summed E-state index contributed by atoms with van der Waals surface area (Å²) in [6, 6.07) is 5.90. The highest BCUT2D eigenvalue weighted by Crippen LogP contribution is 2.26. The summed E-state index contributed by atoms with van der Waals surface area (Å²) in [6.45, 7) is 0. The third-order valence-electron chi connectivity index (χ3n) is 3.71. The predicted octanol–water partition coefficient (Wildman–Crippen LogP) is 2.35. The summed E-state index contributed by atoms with van der Waals surface area (Å²) in [5.41, 5.74) is 0. The third kappa shape index (κ3) is 4.18. The molecule has 0 atom stereocenters. The second-order valence-electron chi connectivity index (χ2n) is 5.15. The van der Waals surface area contributed by atoms with Crippen LogP contribution in [-0.2, 0) is 19.6 Å². The van der Waals surface area contributed by atoms with Gasteiger partial charge in [0.25, 0.3) is 0 Å². The Labute approximate surface area is 129 Å². The number of carbonyl (C=O) groups is 1. The Hall–Kier alpha value is -1.11. The number of halogens is 1. The molecule has 1 N–H and O–H groups in total. The number of esters is 1. The van der Waals surface area contributed by atoms with E-state index in [4.69, 9.17) is 16.3 Å². The molecular weight excluding hydrogens is 314 g/mol. The molecule has 0 spiro atoms. The average Bonchev–Trinajstić information content (AvgIpc) is 2.47. The minimum absolute atomic E-state index is 0.119. The maximum Gasteiger partial charge on any atom is 0.308 e. The van der Waals surface area contributed by atoms with Crippen molar-refractivity contribution in [3.63, 3.8) is 0 Å². The van der Waals surface area contributed by atoms with Crippen molar-refractivity contribution in [2.24, 2.45) is 5.92 Å². The zero-order chi connectivity index (χ0) is 15.5. The molecular formula is C14H18ClNO4S. The summed E-state index contributed by atoms with van der Waals surface area (Å²) in [5.74, 6) is -0.333. The van der Waals surface area contributed by atoms with Crippen molar-refractivity contribution in [2.75, 3.05) is 7.11 Å². The second-order valence-corrected chi connectivity index (χ2v) is 7.30. The van der Waals surface area contributed by atoms with E-state index in [0.29, 0.717) is 30.7 Å². The first kappa shape index (κ1) is 16.3. The third-order valence-corrected chi connectivity index (χ3v) is 5.50. The van der Waals surface area contributed by atoms with Crippen LogP contribution in [0, 0.1) is 5.92 Å². The van der Waals surface area contributed by atoms with Crippen LogP contribution in [0.5, 0.6) is 0 Å². The van der Waals surface area contributed by atoms with Crippen molar-refractivity contribution in [1.29, 1.82) is 0 Å². The normalized spacial score (nSPS) is 22.8. The van der Waals surface area contributed by atoms with E-state index in [9.17, 15) is 13.2 Å². The van der Waals surface area contributed by atoms with Crippen molar-refractivity contribution in [3.05, 3.63) is 29.3 Å². The Morgan fingerprint density at radius 3 is 2.29 bits per heavy atom. The highest BCUT2D eigenvalue weighted by Gasteiger charge is 2.29. The van der Waals surface area contributed by atoms with Crippen LogP contribution in [-0.4, -0.2) is 27.5 Å². The fourth-order valence-electron chi connectivity index (χ4n) is 2.51. The van der Waals surface area contributed by atoms with E-state index in [2.05, 4.69) is 4.72 Å². The molecule has 116 valence electrons. The molecule has 1 aliphatic rings. The lowest BCUT2D eigenvalue weighted by Crippen LogP contribution is -2.38. The van der Waals surface area contributed by atoms with Crippen molar-refractivity contribution in [3.8, 4) is 0 Å². The maximum absolute atomic E-state index is 12.2. The number of hydrogen-bond acceptors (Lipinski definition) is 4. The van der Waals surface area contributed by atoms with E-state index in [1.807, 2.05) is 0 Å². The molecule has 0 bridgehead atoms. The highest BCUT2D eigenvalue weighted by atomic mass is 35.5. The molecule has 1 aliphatic carbocycles. The zero-order valence-corrected chi connectivity index (χ0v) is 13.3. The lowest BCUT2D eigenvalue weighted by molar-refractivity contribution is -0.146. The van der Waals surface area contributed by atoms with Crippen LogP contribution in [0.15, 0.2) is 29.2 Å². The number of sulfonamides is 1. The van der Waals surface area contributed by atoms with Crippen molar-refractivity contribution in [2.45, 2.75) is 36.6 Å². The Bertz CT molecular complexity index is 592. The van der Waals surface area contributed by atoms with Gasteiger partial charge in [-0.3, -0.25) is 4.79 Å². The first-order valence-electron chi connectivity index (χ1n) is 6.78.